The fourth-order valence-corrected chi connectivity index (χ4v) is 2.97. The van der Waals surface area contributed by atoms with Crippen molar-refractivity contribution in [3.63, 3.8) is 0 Å². The zero-order chi connectivity index (χ0) is 17.1. The highest BCUT2D eigenvalue weighted by atomic mass is 16.5. The molecule has 0 fully saturated rings. The molecular weight excluding hydrogens is 300 g/mol. The van der Waals surface area contributed by atoms with Crippen molar-refractivity contribution in [1.82, 2.24) is 0 Å². The van der Waals surface area contributed by atoms with Crippen LogP contribution in [0.5, 0.6) is 11.5 Å². The van der Waals surface area contributed by atoms with Crippen LogP contribution in [0.1, 0.15) is 47.9 Å². The summed E-state index contributed by atoms with van der Waals surface area (Å²) < 4.78 is 11.8. The molecule has 0 saturated heterocycles. The van der Waals surface area contributed by atoms with Crippen LogP contribution in [-0.2, 0) is 6.42 Å². The number of allylic oxidation sites excluding steroid dienone is 2. The SMILES string of the molecule is COc1ccc2c(c1CC=C(C)C)O[C@H](c1ccccc1)CC2=O. The van der Waals surface area contributed by atoms with Gasteiger partial charge < -0.3 is 9.47 Å². The highest BCUT2D eigenvalue weighted by Crippen LogP contribution is 2.41. The minimum absolute atomic E-state index is 0.117. The fourth-order valence-electron chi connectivity index (χ4n) is 2.97. The minimum Gasteiger partial charge on any atom is -0.496 e. The van der Waals surface area contributed by atoms with E-state index in [1.807, 2.05) is 42.5 Å². The lowest BCUT2D eigenvalue weighted by molar-refractivity contribution is 0.0847. The molecule has 0 aliphatic carbocycles. The minimum atomic E-state index is -0.247. The van der Waals surface area contributed by atoms with E-state index >= 15 is 0 Å². The van der Waals surface area contributed by atoms with Crippen LogP contribution in [0.4, 0.5) is 0 Å². The van der Waals surface area contributed by atoms with Gasteiger partial charge in [-0.05, 0) is 38.0 Å². The maximum absolute atomic E-state index is 12.6. The van der Waals surface area contributed by atoms with Gasteiger partial charge in [0.1, 0.15) is 17.6 Å². The van der Waals surface area contributed by atoms with Gasteiger partial charge in [-0.25, -0.2) is 0 Å². The average molecular weight is 322 g/mol. The fraction of sp³-hybridized carbons (Fsp3) is 0.286. The average Bonchev–Trinajstić information content (AvgIpc) is 2.60. The Bertz CT molecular complexity index is 771. The second-order valence-electron chi connectivity index (χ2n) is 6.25. The Labute approximate surface area is 142 Å². The summed E-state index contributed by atoms with van der Waals surface area (Å²) in [5.41, 5.74) is 3.83. The van der Waals surface area contributed by atoms with E-state index in [-0.39, 0.29) is 11.9 Å². The van der Waals surface area contributed by atoms with E-state index in [0.717, 1.165) is 16.9 Å². The van der Waals surface area contributed by atoms with Gasteiger partial charge in [0.2, 0.25) is 0 Å². The van der Waals surface area contributed by atoms with Gasteiger partial charge in [0.05, 0.1) is 19.1 Å². The standard InChI is InChI=1S/C21H22O3/c1-14(2)9-10-17-19(23-3)12-11-16-18(22)13-20(24-21(16)17)15-7-5-4-6-8-15/h4-9,11-12,20H,10,13H2,1-3H3/t20-/m0/s1. The van der Waals surface area contributed by atoms with Crippen molar-refractivity contribution in [2.24, 2.45) is 0 Å². The molecule has 0 radical (unpaired) electrons. The van der Waals surface area contributed by atoms with Gasteiger partial charge in [0.25, 0.3) is 0 Å². The number of fused-ring (bicyclic) bond motifs is 1. The van der Waals surface area contributed by atoms with E-state index in [9.17, 15) is 4.79 Å². The summed E-state index contributed by atoms with van der Waals surface area (Å²) in [4.78, 5) is 12.6. The Morgan fingerprint density at radius 3 is 2.62 bits per heavy atom. The lowest BCUT2D eigenvalue weighted by Gasteiger charge is -2.28. The molecule has 0 unspecified atom stereocenters. The molecule has 3 heteroatoms. The van der Waals surface area contributed by atoms with E-state index in [2.05, 4.69) is 19.9 Å². The lowest BCUT2D eigenvalue weighted by Crippen LogP contribution is -2.21. The smallest absolute Gasteiger partial charge is 0.170 e. The molecule has 24 heavy (non-hydrogen) atoms. The molecular formula is C21H22O3. The zero-order valence-corrected chi connectivity index (χ0v) is 14.3. The number of ketones is 1. The molecule has 124 valence electrons. The predicted octanol–water partition coefficient (Wildman–Crippen LogP) is 4.91. The maximum atomic E-state index is 12.6. The van der Waals surface area contributed by atoms with E-state index < -0.39 is 0 Å². The first-order valence-electron chi connectivity index (χ1n) is 8.18. The van der Waals surface area contributed by atoms with E-state index in [0.29, 0.717) is 24.2 Å². The Balaban J connectivity index is 2.05. The van der Waals surface area contributed by atoms with Gasteiger partial charge in [-0.2, -0.15) is 0 Å². The van der Waals surface area contributed by atoms with Crippen molar-refractivity contribution in [3.05, 3.63) is 70.8 Å². The molecule has 0 N–H and O–H groups in total. The van der Waals surface area contributed by atoms with Crippen molar-refractivity contribution in [1.29, 1.82) is 0 Å². The van der Waals surface area contributed by atoms with Gasteiger partial charge in [-0.15, -0.1) is 0 Å². The van der Waals surface area contributed by atoms with Crippen LogP contribution in [0.25, 0.3) is 0 Å². The first-order valence-corrected chi connectivity index (χ1v) is 8.18. The summed E-state index contributed by atoms with van der Waals surface area (Å²) in [6.07, 6.45) is 2.93. The van der Waals surface area contributed by atoms with Crippen LogP contribution < -0.4 is 9.47 Å². The second kappa shape index (κ2) is 6.91. The highest BCUT2D eigenvalue weighted by Gasteiger charge is 2.30. The van der Waals surface area contributed by atoms with Crippen LogP contribution >= 0.6 is 0 Å². The van der Waals surface area contributed by atoms with Gasteiger partial charge in [0, 0.05) is 5.56 Å². The van der Waals surface area contributed by atoms with Crippen molar-refractivity contribution in [2.45, 2.75) is 32.8 Å². The summed E-state index contributed by atoms with van der Waals surface area (Å²) in [6.45, 7) is 4.11. The summed E-state index contributed by atoms with van der Waals surface area (Å²) in [5, 5.41) is 0. The molecule has 3 rings (SSSR count). The predicted molar refractivity (Wildman–Crippen MR) is 94.9 cm³/mol. The third-order valence-corrected chi connectivity index (χ3v) is 4.25. The normalized spacial score (nSPS) is 16.1. The number of hydrogen-bond acceptors (Lipinski definition) is 3. The second-order valence-corrected chi connectivity index (χ2v) is 6.25. The van der Waals surface area contributed by atoms with Crippen molar-refractivity contribution < 1.29 is 14.3 Å². The maximum Gasteiger partial charge on any atom is 0.170 e. The number of carbonyl (C=O) groups excluding carboxylic acids is 1. The van der Waals surface area contributed by atoms with Crippen LogP contribution in [-0.4, -0.2) is 12.9 Å². The van der Waals surface area contributed by atoms with Crippen molar-refractivity contribution >= 4 is 5.78 Å². The topological polar surface area (TPSA) is 35.5 Å². The summed E-state index contributed by atoms with van der Waals surface area (Å²) >= 11 is 0. The quantitative estimate of drug-likeness (QED) is 0.750. The molecule has 0 amide bonds. The summed E-state index contributed by atoms with van der Waals surface area (Å²) in [7, 11) is 1.65. The van der Waals surface area contributed by atoms with Crippen LogP contribution in [0.2, 0.25) is 0 Å². The number of hydrogen-bond donors (Lipinski definition) is 0. The Kier molecular flexibility index (Phi) is 4.70. The van der Waals surface area contributed by atoms with E-state index in [1.165, 1.54) is 5.57 Å². The van der Waals surface area contributed by atoms with E-state index in [1.54, 1.807) is 7.11 Å². The summed E-state index contributed by atoms with van der Waals surface area (Å²) in [5.74, 6) is 1.54. The first-order chi connectivity index (χ1) is 11.6. The molecule has 3 nitrogen and oxygen atoms in total. The van der Waals surface area contributed by atoms with Crippen molar-refractivity contribution in [2.75, 3.05) is 7.11 Å². The largest absolute Gasteiger partial charge is 0.496 e. The Morgan fingerprint density at radius 1 is 1.21 bits per heavy atom. The number of benzene rings is 2. The Morgan fingerprint density at radius 2 is 1.96 bits per heavy atom. The Hall–Kier alpha value is -2.55. The molecule has 0 spiro atoms. The molecule has 2 aromatic carbocycles. The molecule has 0 saturated carbocycles. The number of carbonyl (C=O) groups is 1. The third-order valence-electron chi connectivity index (χ3n) is 4.25. The first kappa shape index (κ1) is 16.3. The monoisotopic (exact) mass is 322 g/mol. The molecule has 1 heterocycles. The molecule has 2 aromatic rings. The van der Waals surface area contributed by atoms with Gasteiger partial charge in [-0.1, -0.05) is 42.0 Å². The lowest BCUT2D eigenvalue weighted by atomic mass is 9.93. The summed E-state index contributed by atoms with van der Waals surface area (Å²) in [6, 6.07) is 13.6. The molecule has 0 bridgehead atoms. The van der Waals surface area contributed by atoms with E-state index in [4.69, 9.17) is 9.47 Å². The van der Waals surface area contributed by atoms with Gasteiger partial charge in [0.15, 0.2) is 5.78 Å². The third kappa shape index (κ3) is 3.21. The number of ether oxygens (including phenoxy) is 2. The number of Topliss-reactive ketones (excluding diaryl/α,β-unsaturated/α-hetero) is 1. The van der Waals surface area contributed by atoms with Gasteiger partial charge in [-0.3, -0.25) is 4.79 Å². The molecule has 1 atom stereocenters. The molecule has 1 aliphatic heterocycles. The number of rotatable bonds is 4. The van der Waals surface area contributed by atoms with Gasteiger partial charge >= 0.3 is 0 Å². The van der Waals surface area contributed by atoms with Crippen LogP contribution in [0, 0.1) is 0 Å². The van der Waals surface area contributed by atoms with Crippen LogP contribution in [0.3, 0.4) is 0 Å². The zero-order valence-electron chi connectivity index (χ0n) is 14.3. The molecule has 0 aromatic heterocycles. The highest BCUT2D eigenvalue weighted by molar-refractivity contribution is 6.00. The van der Waals surface area contributed by atoms with Crippen molar-refractivity contribution in [3.8, 4) is 11.5 Å². The molecule has 1 aliphatic rings. The van der Waals surface area contributed by atoms with Crippen LogP contribution in [0.15, 0.2) is 54.1 Å². The number of methoxy groups -OCH3 is 1.